The SMILES string of the molecule is Cc1n[nH]c(C)c1-c1ccc(NC(=O)C(NC(=O)c2ccnn2C(C)C)C(C2CC2)C2CC2)cc1.O=S(=O)(O)c1cccc2c(S(=O)(=O)O)cccc12. The monoisotopic (exact) mass is 762 g/mol. The summed E-state index contributed by atoms with van der Waals surface area (Å²) in [4.78, 5) is 26.0. The van der Waals surface area contributed by atoms with E-state index in [0.29, 0.717) is 17.5 Å². The first kappa shape index (κ1) is 37.8. The Hall–Kier alpha value is -4.90. The molecule has 0 spiro atoms. The second kappa shape index (κ2) is 14.9. The van der Waals surface area contributed by atoms with Crippen molar-refractivity contribution in [3.63, 3.8) is 0 Å². The average molecular weight is 763 g/mol. The summed E-state index contributed by atoms with van der Waals surface area (Å²) in [7, 11) is -8.94. The van der Waals surface area contributed by atoms with Crippen molar-refractivity contribution in [3.8, 4) is 11.1 Å². The van der Waals surface area contributed by atoms with Gasteiger partial charge in [0.05, 0.1) is 5.69 Å². The van der Waals surface area contributed by atoms with Crippen LogP contribution in [-0.2, 0) is 25.0 Å². The Kier molecular flexibility index (Phi) is 10.6. The molecule has 1 atom stereocenters. The van der Waals surface area contributed by atoms with Gasteiger partial charge in [0.25, 0.3) is 26.1 Å². The number of carbonyl (C=O) groups excluding carboxylic acids is 2. The molecule has 53 heavy (non-hydrogen) atoms. The van der Waals surface area contributed by atoms with Crippen molar-refractivity contribution in [1.82, 2.24) is 25.3 Å². The molecule has 2 aliphatic rings. The summed E-state index contributed by atoms with van der Waals surface area (Å²) >= 11 is 0. The average Bonchev–Trinajstić information content (AvgIpc) is 4.04. The van der Waals surface area contributed by atoms with Crippen LogP contribution in [0.3, 0.4) is 0 Å². The number of aryl methyl sites for hydroxylation is 2. The van der Waals surface area contributed by atoms with Crippen LogP contribution in [0.2, 0.25) is 0 Å². The maximum atomic E-state index is 13.6. The van der Waals surface area contributed by atoms with Crippen LogP contribution in [0.1, 0.15) is 67.4 Å². The van der Waals surface area contributed by atoms with Crippen LogP contribution < -0.4 is 10.6 Å². The van der Waals surface area contributed by atoms with Gasteiger partial charge >= 0.3 is 0 Å². The highest BCUT2D eigenvalue weighted by Crippen LogP contribution is 2.51. The topological polar surface area (TPSA) is 213 Å². The minimum Gasteiger partial charge on any atom is -0.339 e. The first-order chi connectivity index (χ1) is 25.0. The highest BCUT2D eigenvalue weighted by Gasteiger charge is 2.48. The third kappa shape index (κ3) is 8.51. The Morgan fingerprint density at radius 1 is 0.830 bits per heavy atom. The molecule has 0 aliphatic heterocycles. The minimum absolute atomic E-state index is 0.0233. The number of anilines is 1. The number of carbonyl (C=O) groups is 2. The Balaban J connectivity index is 0.000000225. The molecule has 2 saturated carbocycles. The van der Waals surface area contributed by atoms with E-state index in [2.05, 4.69) is 25.9 Å². The molecule has 0 radical (unpaired) electrons. The maximum absolute atomic E-state index is 13.6. The quantitative estimate of drug-likeness (QED) is 0.0994. The van der Waals surface area contributed by atoms with Gasteiger partial charge in [-0.2, -0.15) is 27.0 Å². The van der Waals surface area contributed by atoms with Crippen LogP contribution in [0, 0.1) is 31.6 Å². The first-order valence-corrected chi connectivity index (χ1v) is 20.2. The number of nitrogens with zero attached hydrogens (tertiary/aromatic N) is 3. The zero-order valence-electron chi connectivity index (χ0n) is 29.6. The van der Waals surface area contributed by atoms with Crippen LogP contribution in [-0.4, -0.2) is 63.8 Å². The number of benzene rings is 3. The summed E-state index contributed by atoms with van der Waals surface area (Å²) < 4.78 is 64.4. The molecule has 7 rings (SSSR count). The van der Waals surface area contributed by atoms with Crippen LogP contribution in [0.15, 0.2) is 82.7 Å². The molecule has 2 aromatic heterocycles. The van der Waals surface area contributed by atoms with Gasteiger partial charge in [0.1, 0.15) is 21.5 Å². The maximum Gasteiger partial charge on any atom is 0.295 e. The summed E-state index contributed by atoms with van der Waals surface area (Å²) in [6.45, 7) is 7.95. The van der Waals surface area contributed by atoms with Gasteiger partial charge in [0.2, 0.25) is 5.91 Å². The number of aromatic nitrogens is 4. The molecule has 280 valence electrons. The van der Waals surface area contributed by atoms with E-state index in [0.717, 1.165) is 66.0 Å². The first-order valence-electron chi connectivity index (χ1n) is 17.3. The number of fused-ring (bicyclic) bond motifs is 1. The Morgan fingerprint density at radius 3 is 1.83 bits per heavy atom. The number of rotatable bonds is 11. The van der Waals surface area contributed by atoms with Gasteiger partial charge in [-0.3, -0.25) is 28.5 Å². The molecule has 16 heteroatoms. The minimum atomic E-state index is -4.47. The van der Waals surface area contributed by atoms with Gasteiger partial charge in [0.15, 0.2) is 0 Å². The van der Waals surface area contributed by atoms with Crippen molar-refractivity contribution in [1.29, 1.82) is 0 Å². The normalized spacial score (nSPS) is 15.2. The van der Waals surface area contributed by atoms with E-state index in [-0.39, 0.29) is 34.5 Å². The van der Waals surface area contributed by atoms with Gasteiger partial charge < -0.3 is 10.6 Å². The lowest BCUT2D eigenvalue weighted by Gasteiger charge is -2.28. The van der Waals surface area contributed by atoms with Gasteiger partial charge in [-0.05, 0) is 107 Å². The molecule has 0 saturated heterocycles. The highest BCUT2D eigenvalue weighted by molar-refractivity contribution is 7.86. The molecule has 5 aromatic rings. The second-order valence-corrected chi connectivity index (χ2v) is 16.7. The molecule has 1 unspecified atom stereocenters. The van der Waals surface area contributed by atoms with Gasteiger partial charge in [-0.1, -0.05) is 36.4 Å². The smallest absolute Gasteiger partial charge is 0.295 e. The summed E-state index contributed by atoms with van der Waals surface area (Å²) in [6.07, 6.45) is 6.14. The van der Waals surface area contributed by atoms with Crippen LogP contribution in [0.4, 0.5) is 5.69 Å². The fourth-order valence-electron chi connectivity index (χ4n) is 6.97. The molecule has 2 aliphatic carbocycles. The summed E-state index contributed by atoms with van der Waals surface area (Å²) in [5.41, 5.74) is 5.29. The molecular weight excluding hydrogens is 721 g/mol. The second-order valence-electron chi connectivity index (χ2n) is 13.9. The third-order valence-corrected chi connectivity index (χ3v) is 11.5. The van der Waals surface area contributed by atoms with Crippen LogP contribution in [0.25, 0.3) is 21.9 Å². The Morgan fingerprint density at radius 2 is 1.38 bits per heavy atom. The predicted molar refractivity (Wildman–Crippen MR) is 199 cm³/mol. The van der Waals surface area contributed by atoms with Crippen molar-refractivity contribution >= 4 is 48.5 Å². The van der Waals surface area contributed by atoms with Crippen molar-refractivity contribution in [2.24, 2.45) is 17.8 Å². The highest BCUT2D eigenvalue weighted by atomic mass is 32.2. The number of aromatic amines is 1. The van der Waals surface area contributed by atoms with Crippen LogP contribution >= 0.6 is 0 Å². The van der Waals surface area contributed by atoms with Gasteiger partial charge in [-0.25, -0.2) is 0 Å². The number of H-pyrrole nitrogens is 1. The van der Waals surface area contributed by atoms with Gasteiger partial charge in [-0.15, -0.1) is 0 Å². The predicted octanol–water partition coefficient (Wildman–Crippen LogP) is 5.98. The lowest BCUT2D eigenvalue weighted by molar-refractivity contribution is -0.119. The van der Waals surface area contributed by atoms with E-state index in [1.807, 2.05) is 52.0 Å². The number of amides is 2. The van der Waals surface area contributed by atoms with Crippen molar-refractivity contribution in [3.05, 3.63) is 90.0 Å². The molecule has 5 N–H and O–H groups in total. The van der Waals surface area contributed by atoms with Crippen LogP contribution in [0.5, 0.6) is 0 Å². The fraction of sp³-hybridized carbons (Fsp3) is 0.351. The molecule has 2 heterocycles. The molecule has 2 fully saturated rings. The van der Waals surface area contributed by atoms with E-state index >= 15 is 0 Å². The third-order valence-electron chi connectivity index (χ3n) is 9.65. The lowest BCUT2D eigenvalue weighted by atomic mass is 9.88. The largest absolute Gasteiger partial charge is 0.339 e. The summed E-state index contributed by atoms with van der Waals surface area (Å²) in [5.74, 6) is 0.779. The van der Waals surface area contributed by atoms with E-state index in [9.17, 15) is 26.4 Å². The van der Waals surface area contributed by atoms with E-state index in [1.165, 1.54) is 24.3 Å². The standard InChI is InChI=1S/C27H34N6O2.C10H8O6S2/c1-15(2)33-22(13-14-28-33)26(34)30-25(24(19-5-6-19)20-7-8-20)27(35)29-21-11-9-18(10-12-21)23-16(3)31-32-17(23)4;11-17(12,13)9-5-1-3-7-8(9)4-2-6-10(7)18(14,15)16/h9-15,19-20,24-25H,5-8H2,1-4H3,(H,29,35)(H,30,34)(H,31,32);1-6H,(H,11,12,13)(H,14,15,16). The number of hydrogen-bond acceptors (Lipinski definition) is 8. The van der Waals surface area contributed by atoms with E-state index in [4.69, 9.17) is 9.11 Å². The summed E-state index contributed by atoms with van der Waals surface area (Å²) in [6, 6.07) is 16.5. The van der Waals surface area contributed by atoms with E-state index < -0.39 is 36.1 Å². The van der Waals surface area contributed by atoms with Crippen molar-refractivity contribution in [2.45, 2.75) is 75.3 Å². The van der Waals surface area contributed by atoms with Crippen molar-refractivity contribution in [2.75, 3.05) is 5.32 Å². The zero-order valence-corrected chi connectivity index (χ0v) is 31.3. The van der Waals surface area contributed by atoms with E-state index in [1.54, 1.807) is 16.9 Å². The van der Waals surface area contributed by atoms with Gasteiger partial charge in [0, 0.05) is 40.0 Å². The zero-order chi connectivity index (χ0) is 38.2. The molecule has 2 amide bonds. The molecule has 14 nitrogen and oxygen atoms in total. The Labute approximate surface area is 307 Å². The van der Waals surface area contributed by atoms with Crippen molar-refractivity contribution < 1.29 is 35.5 Å². The molecular formula is C37H42N6O8S2. The summed E-state index contributed by atoms with van der Waals surface area (Å²) in [5, 5.41) is 17.8. The number of nitrogens with one attached hydrogen (secondary N) is 3. The Bertz CT molecular complexity index is 2280. The number of hydrogen-bond donors (Lipinski definition) is 5. The molecule has 0 bridgehead atoms. The fourth-order valence-corrected chi connectivity index (χ4v) is 8.38. The molecule has 3 aromatic carbocycles. The lowest BCUT2D eigenvalue weighted by Crippen LogP contribution is -2.50.